The zero-order valence-corrected chi connectivity index (χ0v) is 22.5. The minimum Gasteiger partial charge on any atom is -0.481 e. The second-order valence-electron chi connectivity index (χ2n) is 11.8. The predicted molar refractivity (Wildman–Crippen MR) is 132 cm³/mol. The number of carbonyl (C=O) groups is 4. The molecular formula is C24H44N4O7. The minimum atomic E-state index is -1.18. The summed E-state index contributed by atoms with van der Waals surface area (Å²) in [6.45, 7) is 13.7. The normalized spacial score (nSPS) is 12.6. The van der Waals surface area contributed by atoms with E-state index in [0.29, 0.717) is 19.3 Å². The number of amides is 3. The van der Waals surface area contributed by atoms with Crippen molar-refractivity contribution in [2.75, 3.05) is 0 Å². The Bertz CT molecular complexity index is 789. The van der Waals surface area contributed by atoms with Crippen LogP contribution in [0.4, 0.5) is 0 Å². The standard InChI is InChI=1S/C24H44N4O7/c1-21(2,13-10-18(30)26-23(5,6)15-12-20(32)33)25-17(29)9-14-22(3,4)27-19(31)11-16-24(7,8)28(34)35/h9-16H2,1-8H3,(H,25,29)(H,26,30)(H,27,31)(H,32,33). The number of nitrogens with one attached hydrogen (secondary N) is 3. The van der Waals surface area contributed by atoms with Crippen LogP contribution in [-0.2, 0) is 19.2 Å². The summed E-state index contributed by atoms with van der Waals surface area (Å²) in [6.07, 6.45) is 1.50. The molecule has 35 heavy (non-hydrogen) atoms. The Morgan fingerprint density at radius 3 is 1.20 bits per heavy atom. The number of aliphatic carboxylic acids is 1. The van der Waals surface area contributed by atoms with Crippen LogP contribution < -0.4 is 16.0 Å². The Morgan fingerprint density at radius 2 is 0.914 bits per heavy atom. The third kappa shape index (κ3) is 15.0. The summed E-state index contributed by atoms with van der Waals surface area (Å²) in [6, 6.07) is 0. The lowest BCUT2D eigenvalue weighted by Crippen LogP contribution is -2.48. The molecule has 0 aromatic carbocycles. The van der Waals surface area contributed by atoms with Crippen LogP contribution in [0.3, 0.4) is 0 Å². The lowest BCUT2D eigenvalue weighted by atomic mass is 9.94. The molecule has 0 rings (SSSR count). The van der Waals surface area contributed by atoms with Crippen molar-refractivity contribution in [1.82, 2.24) is 16.0 Å². The first kappa shape index (κ1) is 32.3. The fourth-order valence-corrected chi connectivity index (χ4v) is 3.29. The van der Waals surface area contributed by atoms with Crippen molar-refractivity contribution >= 4 is 23.7 Å². The second-order valence-corrected chi connectivity index (χ2v) is 11.8. The van der Waals surface area contributed by atoms with Crippen molar-refractivity contribution in [3.05, 3.63) is 10.1 Å². The van der Waals surface area contributed by atoms with Gasteiger partial charge in [-0.1, -0.05) is 0 Å². The number of carbonyl (C=O) groups excluding carboxylic acids is 3. The summed E-state index contributed by atoms with van der Waals surface area (Å²) in [7, 11) is 0. The molecule has 11 heteroatoms. The molecule has 0 heterocycles. The zero-order chi connectivity index (χ0) is 27.7. The number of nitro groups is 1. The van der Waals surface area contributed by atoms with E-state index in [9.17, 15) is 29.3 Å². The van der Waals surface area contributed by atoms with Gasteiger partial charge in [-0.3, -0.25) is 29.3 Å². The summed E-state index contributed by atoms with van der Waals surface area (Å²) < 4.78 is 0. The summed E-state index contributed by atoms with van der Waals surface area (Å²) >= 11 is 0. The highest BCUT2D eigenvalue weighted by Gasteiger charge is 2.32. The van der Waals surface area contributed by atoms with E-state index in [2.05, 4.69) is 16.0 Å². The quantitative estimate of drug-likeness (QED) is 0.187. The Balaban J connectivity index is 4.53. The highest BCUT2D eigenvalue weighted by Crippen LogP contribution is 2.18. The van der Waals surface area contributed by atoms with Gasteiger partial charge in [-0.05, 0) is 60.8 Å². The molecule has 0 aromatic rings. The molecule has 0 spiro atoms. The Morgan fingerprint density at radius 1 is 0.629 bits per heavy atom. The number of nitrogens with zero attached hydrogens (tertiary/aromatic N) is 1. The number of carboxylic acid groups (broad SMARTS) is 1. The van der Waals surface area contributed by atoms with E-state index in [1.165, 1.54) is 13.8 Å². The van der Waals surface area contributed by atoms with E-state index in [1.54, 1.807) is 27.7 Å². The maximum atomic E-state index is 12.5. The van der Waals surface area contributed by atoms with Crippen molar-refractivity contribution in [2.24, 2.45) is 0 Å². The topological polar surface area (TPSA) is 168 Å². The maximum absolute atomic E-state index is 12.5. The number of hydrogen-bond donors (Lipinski definition) is 4. The highest BCUT2D eigenvalue weighted by molar-refractivity contribution is 5.79. The fraction of sp³-hybridized carbons (Fsp3) is 0.833. The molecule has 0 unspecified atom stereocenters. The van der Waals surface area contributed by atoms with Crippen LogP contribution >= 0.6 is 0 Å². The molecule has 0 aliphatic rings. The first-order valence-electron chi connectivity index (χ1n) is 12.0. The minimum absolute atomic E-state index is 0.0197. The molecule has 11 nitrogen and oxygen atoms in total. The van der Waals surface area contributed by atoms with Crippen LogP contribution in [0.2, 0.25) is 0 Å². The number of hydrogen-bond acceptors (Lipinski definition) is 6. The van der Waals surface area contributed by atoms with Crippen molar-refractivity contribution in [3.8, 4) is 0 Å². The Labute approximate surface area is 208 Å². The summed E-state index contributed by atoms with van der Waals surface area (Å²) in [5, 5.41) is 28.4. The monoisotopic (exact) mass is 500 g/mol. The summed E-state index contributed by atoms with van der Waals surface area (Å²) in [5.41, 5.74) is -3.13. The van der Waals surface area contributed by atoms with E-state index < -0.39 is 33.0 Å². The van der Waals surface area contributed by atoms with E-state index in [1.807, 2.05) is 13.8 Å². The average Bonchev–Trinajstić information content (AvgIpc) is 2.67. The molecule has 3 amide bonds. The molecule has 4 N–H and O–H groups in total. The van der Waals surface area contributed by atoms with Gasteiger partial charge in [-0.15, -0.1) is 0 Å². The second kappa shape index (κ2) is 12.8. The van der Waals surface area contributed by atoms with Gasteiger partial charge in [0.1, 0.15) is 0 Å². The Kier molecular flexibility index (Phi) is 11.8. The fourth-order valence-electron chi connectivity index (χ4n) is 3.29. The molecule has 0 saturated heterocycles. The van der Waals surface area contributed by atoms with E-state index >= 15 is 0 Å². The molecule has 0 fully saturated rings. The van der Waals surface area contributed by atoms with E-state index in [-0.39, 0.29) is 49.8 Å². The SMILES string of the molecule is CC(C)(CCC(=O)O)NC(=O)CCC(C)(C)NC(=O)CCC(C)(C)NC(=O)CCC(C)(C)[N+](=O)[O-]. The first-order chi connectivity index (χ1) is 15.7. The molecule has 0 aromatic heterocycles. The zero-order valence-electron chi connectivity index (χ0n) is 22.5. The lowest BCUT2D eigenvalue weighted by molar-refractivity contribution is -0.561. The maximum Gasteiger partial charge on any atom is 0.303 e. The average molecular weight is 501 g/mol. The number of carboxylic acids is 1. The predicted octanol–water partition coefficient (Wildman–Crippen LogP) is 2.93. The van der Waals surface area contributed by atoms with Crippen molar-refractivity contribution in [1.29, 1.82) is 0 Å². The molecular weight excluding hydrogens is 456 g/mol. The number of rotatable bonds is 16. The van der Waals surface area contributed by atoms with Gasteiger partial charge in [-0.2, -0.15) is 0 Å². The van der Waals surface area contributed by atoms with Crippen LogP contribution in [0.25, 0.3) is 0 Å². The smallest absolute Gasteiger partial charge is 0.303 e. The molecule has 0 saturated carbocycles. The van der Waals surface area contributed by atoms with Gasteiger partial charge in [0.05, 0.1) is 0 Å². The van der Waals surface area contributed by atoms with Crippen LogP contribution in [0, 0.1) is 10.1 Å². The molecule has 0 aliphatic carbocycles. The van der Waals surface area contributed by atoms with E-state index in [0.717, 1.165) is 0 Å². The first-order valence-corrected chi connectivity index (χ1v) is 12.0. The third-order valence-corrected chi connectivity index (χ3v) is 5.81. The van der Waals surface area contributed by atoms with Gasteiger partial charge in [-0.25, -0.2) is 0 Å². The summed E-state index contributed by atoms with van der Waals surface area (Å²) in [4.78, 5) is 58.4. The Hall–Kier alpha value is -2.72. The van der Waals surface area contributed by atoms with Crippen molar-refractivity contribution in [3.63, 3.8) is 0 Å². The molecule has 0 aliphatic heterocycles. The summed E-state index contributed by atoms with van der Waals surface area (Å²) in [5.74, 6) is -1.65. The van der Waals surface area contributed by atoms with Gasteiger partial charge >= 0.3 is 5.97 Å². The van der Waals surface area contributed by atoms with Crippen molar-refractivity contribution < 1.29 is 29.2 Å². The molecule has 202 valence electrons. The largest absolute Gasteiger partial charge is 0.481 e. The third-order valence-electron chi connectivity index (χ3n) is 5.81. The molecule has 0 bridgehead atoms. The highest BCUT2D eigenvalue weighted by atomic mass is 16.6. The molecule has 0 radical (unpaired) electrons. The lowest BCUT2D eigenvalue weighted by Gasteiger charge is -2.30. The van der Waals surface area contributed by atoms with Crippen LogP contribution in [0.15, 0.2) is 0 Å². The van der Waals surface area contributed by atoms with Crippen LogP contribution in [-0.4, -0.2) is 55.9 Å². The van der Waals surface area contributed by atoms with Crippen LogP contribution in [0.5, 0.6) is 0 Å². The van der Waals surface area contributed by atoms with Gasteiger partial charge in [0, 0.05) is 67.5 Å². The van der Waals surface area contributed by atoms with Gasteiger partial charge in [0.2, 0.25) is 23.3 Å². The van der Waals surface area contributed by atoms with Gasteiger partial charge in [0.15, 0.2) is 0 Å². The van der Waals surface area contributed by atoms with Gasteiger partial charge < -0.3 is 21.1 Å². The van der Waals surface area contributed by atoms with Gasteiger partial charge in [0.25, 0.3) is 0 Å². The van der Waals surface area contributed by atoms with Crippen LogP contribution in [0.1, 0.15) is 107 Å². The van der Waals surface area contributed by atoms with Crippen molar-refractivity contribution in [2.45, 2.75) is 129 Å². The molecule has 0 atom stereocenters. The van der Waals surface area contributed by atoms with E-state index in [4.69, 9.17) is 5.11 Å².